The van der Waals surface area contributed by atoms with Crippen molar-refractivity contribution < 1.29 is 13.2 Å². The third-order valence-corrected chi connectivity index (χ3v) is 8.46. The number of fused-ring (bicyclic) bond motifs is 2. The first-order chi connectivity index (χ1) is 16.3. The van der Waals surface area contributed by atoms with E-state index in [9.17, 15) is 13.2 Å². The number of carbonyl (C=O) groups excluding carboxylic acids is 1. The zero-order valence-electron chi connectivity index (χ0n) is 18.3. The van der Waals surface area contributed by atoms with Crippen LogP contribution in [-0.2, 0) is 34.3 Å². The summed E-state index contributed by atoms with van der Waals surface area (Å²) in [6, 6.07) is 9.33. The summed E-state index contributed by atoms with van der Waals surface area (Å²) in [7, 11) is -3.98. The summed E-state index contributed by atoms with van der Waals surface area (Å²) in [5.74, 6) is 0.266. The number of thiazole rings is 1. The van der Waals surface area contributed by atoms with E-state index in [0.717, 1.165) is 10.6 Å². The lowest BCUT2D eigenvalue weighted by molar-refractivity contribution is -0.134. The summed E-state index contributed by atoms with van der Waals surface area (Å²) in [6.07, 6.45) is 4.32. The average molecular weight is 500 g/mol. The molecular weight excluding hydrogens is 474 g/mol. The van der Waals surface area contributed by atoms with Gasteiger partial charge < -0.3 is 25.9 Å². The Morgan fingerprint density at radius 1 is 1.24 bits per heavy atom. The molecule has 4 aromatic rings. The van der Waals surface area contributed by atoms with Gasteiger partial charge in [-0.1, -0.05) is 6.07 Å². The third kappa shape index (κ3) is 4.27. The first-order valence-corrected chi connectivity index (χ1v) is 13.1. The fraction of sp³-hybridized carbons (Fsp3) is 0.273. The van der Waals surface area contributed by atoms with E-state index in [0.29, 0.717) is 47.9 Å². The summed E-state index contributed by atoms with van der Waals surface area (Å²) in [6.45, 7) is 1.20. The number of carbonyl (C=O) groups is 1. The van der Waals surface area contributed by atoms with E-state index in [-0.39, 0.29) is 17.2 Å². The fourth-order valence-electron chi connectivity index (χ4n) is 4.30. The van der Waals surface area contributed by atoms with Gasteiger partial charge in [-0.2, -0.15) is 4.72 Å². The van der Waals surface area contributed by atoms with Crippen LogP contribution in [0.1, 0.15) is 17.0 Å². The summed E-state index contributed by atoms with van der Waals surface area (Å²) in [4.78, 5) is 23.7. The molecule has 0 aliphatic carbocycles. The third-order valence-electron chi connectivity index (χ3n) is 6.02. The van der Waals surface area contributed by atoms with Gasteiger partial charge in [0, 0.05) is 47.7 Å². The van der Waals surface area contributed by atoms with Gasteiger partial charge in [0.15, 0.2) is 5.13 Å². The number of H-pyrrole nitrogens is 1. The Kier molecular flexibility index (Phi) is 5.80. The molecule has 0 saturated heterocycles. The number of amides is 1. The number of aromatic nitrogens is 3. The predicted octanol–water partition coefficient (Wildman–Crippen LogP) is 1.91. The van der Waals surface area contributed by atoms with E-state index in [2.05, 4.69) is 14.7 Å². The minimum atomic E-state index is -3.98. The lowest BCUT2D eigenvalue weighted by atomic mass is 10.1. The number of sulfonamides is 1. The molecule has 0 radical (unpaired) electrons. The van der Waals surface area contributed by atoms with Crippen molar-refractivity contribution in [3.05, 3.63) is 59.4 Å². The van der Waals surface area contributed by atoms with Crippen molar-refractivity contribution in [1.29, 1.82) is 0 Å². The maximum Gasteiger partial charge on any atom is 0.241 e. The molecule has 0 fully saturated rings. The largest absolute Gasteiger partial charge is 0.385 e. The zero-order chi connectivity index (χ0) is 23.9. The molecule has 1 aliphatic heterocycles. The van der Waals surface area contributed by atoms with Crippen molar-refractivity contribution in [3.63, 3.8) is 0 Å². The fourth-order valence-corrected chi connectivity index (χ4v) is 6.64. The van der Waals surface area contributed by atoms with Crippen molar-refractivity contribution in [1.82, 2.24) is 24.2 Å². The number of hydrogen-bond donors (Lipinski definition) is 4. The van der Waals surface area contributed by atoms with Gasteiger partial charge in [0.1, 0.15) is 11.9 Å². The highest BCUT2D eigenvalue weighted by molar-refractivity contribution is 7.89. The topological polar surface area (TPSA) is 152 Å². The molecule has 0 saturated carbocycles. The van der Waals surface area contributed by atoms with Crippen LogP contribution in [-0.4, -0.2) is 46.3 Å². The van der Waals surface area contributed by atoms with Gasteiger partial charge in [-0.15, -0.1) is 11.3 Å². The zero-order valence-corrected chi connectivity index (χ0v) is 19.9. The van der Waals surface area contributed by atoms with Crippen LogP contribution in [0.5, 0.6) is 0 Å². The molecule has 6 N–H and O–H groups in total. The molecule has 178 valence electrons. The van der Waals surface area contributed by atoms with Crippen LogP contribution >= 0.6 is 11.3 Å². The summed E-state index contributed by atoms with van der Waals surface area (Å²) in [5.41, 5.74) is 13.4. The van der Waals surface area contributed by atoms with Gasteiger partial charge in [-0.3, -0.25) is 4.79 Å². The normalized spacial score (nSPS) is 14.9. The van der Waals surface area contributed by atoms with Crippen molar-refractivity contribution in [2.24, 2.45) is 0 Å². The number of benzene rings is 1. The number of rotatable bonds is 7. The lowest BCUT2D eigenvalue weighted by Crippen LogP contribution is -2.50. The second-order valence-corrected chi connectivity index (χ2v) is 11.0. The molecule has 1 atom stereocenters. The maximum absolute atomic E-state index is 13.6. The van der Waals surface area contributed by atoms with E-state index >= 15 is 0 Å². The highest BCUT2D eigenvalue weighted by Crippen LogP contribution is 2.28. The molecule has 1 unspecified atom stereocenters. The quantitative estimate of drug-likeness (QED) is 0.305. The number of nitrogens with zero attached hydrogens (tertiary/aromatic N) is 3. The van der Waals surface area contributed by atoms with Gasteiger partial charge >= 0.3 is 0 Å². The van der Waals surface area contributed by atoms with Crippen LogP contribution in [0, 0.1) is 0 Å². The predicted molar refractivity (Wildman–Crippen MR) is 132 cm³/mol. The molecule has 3 aromatic heterocycles. The first-order valence-electron chi connectivity index (χ1n) is 10.8. The van der Waals surface area contributed by atoms with Gasteiger partial charge in [0.05, 0.1) is 17.1 Å². The van der Waals surface area contributed by atoms with Crippen molar-refractivity contribution in [3.8, 4) is 0 Å². The van der Waals surface area contributed by atoms with Gasteiger partial charge in [0.25, 0.3) is 0 Å². The average Bonchev–Trinajstić information content (AvgIpc) is 3.53. The number of anilines is 2. The summed E-state index contributed by atoms with van der Waals surface area (Å²) < 4.78 is 31.3. The van der Waals surface area contributed by atoms with Crippen LogP contribution in [0.4, 0.5) is 10.9 Å². The Morgan fingerprint density at radius 2 is 2.09 bits per heavy atom. The number of aryl methyl sites for hydroxylation is 1. The number of aromatic amines is 1. The van der Waals surface area contributed by atoms with Crippen LogP contribution in [0.25, 0.3) is 10.9 Å². The highest BCUT2D eigenvalue weighted by atomic mass is 32.2. The van der Waals surface area contributed by atoms with Crippen LogP contribution < -0.4 is 16.2 Å². The van der Waals surface area contributed by atoms with Gasteiger partial charge in [-0.05, 0) is 36.8 Å². The molecule has 0 bridgehead atoms. The van der Waals surface area contributed by atoms with Crippen molar-refractivity contribution >= 4 is 49.1 Å². The highest BCUT2D eigenvalue weighted by Gasteiger charge is 2.32. The summed E-state index contributed by atoms with van der Waals surface area (Å²) >= 11 is 1.36. The van der Waals surface area contributed by atoms with Crippen molar-refractivity contribution in [2.75, 3.05) is 18.0 Å². The molecule has 1 amide bonds. The van der Waals surface area contributed by atoms with Crippen molar-refractivity contribution in [2.45, 2.75) is 36.9 Å². The maximum atomic E-state index is 13.6. The van der Waals surface area contributed by atoms with E-state index in [4.69, 9.17) is 11.5 Å². The van der Waals surface area contributed by atoms with Crippen LogP contribution in [0.3, 0.4) is 0 Å². The second kappa shape index (κ2) is 8.78. The lowest BCUT2D eigenvalue weighted by Gasteiger charge is -2.30. The first kappa shape index (κ1) is 22.4. The Morgan fingerprint density at radius 3 is 2.88 bits per heavy atom. The molecule has 5 rings (SSSR count). The molecule has 1 aliphatic rings. The Bertz CT molecular complexity index is 1450. The second-order valence-electron chi connectivity index (χ2n) is 8.22. The Labute approximate surface area is 200 Å². The van der Waals surface area contributed by atoms with E-state index < -0.39 is 16.1 Å². The minimum Gasteiger partial charge on any atom is -0.385 e. The molecular formula is C22H25N7O3S2. The Balaban J connectivity index is 1.42. The smallest absolute Gasteiger partial charge is 0.241 e. The Hall–Kier alpha value is -3.35. The van der Waals surface area contributed by atoms with E-state index in [1.807, 2.05) is 6.07 Å². The molecule has 0 spiro atoms. The number of nitrogens with one attached hydrogen (secondary N) is 2. The van der Waals surface area contributed by atoms with Gasteiger partial charge in [0.2, 0.25) is 15.9 Å². The van der Waals surface area contributed by atoms with Crippen LogP contribution in [0.2, 0.25) is 0 Å². The van der Waals surface area contributed by atoms with E-state index in [1.54, 1.807) is 46.1 Å². The monoisotopic (exact) mass is 499 g/mol. The standard InChI is InChI=1S/C22H25N7O3S2/c23-20-5-2-10-28(20)11-8-17(21(30)29-12-7-16-18(13-29)33-22(24)26-16)27-34(31,32)19-4-1-3-15-14(19)6-9-25-15/h1-6,9-10,17,25,27H,7-8,11-13,23H2,(H2,24,26). The molecule has 34 heavy (non-hydrogen) atoms. The van der Waals surface area contributed by atoms with Crippen LogP contribution in [0.15, 0.2) is 53.7 Å². The molecule has 12 heteroatoms. The van der Waals surface area contributed by atoms with Gasteiger partial charge in [-0.25, -0.2) is 13.4 Å². The molecule has 1 aromatic carbocycles. The van der Waals surface area contributed by atoms with E-state index in [1.165, 1.54) is 17.4 Å². The minimum absolute atomic E-state index is 0.126. The number of nitrogens with two attached hydrogens (primary N) is 2. The molecule has 10 nitrogen and oxygen atoms in total. The summed E-state index contributed by atoms with van der Waals surface area (Å²) in [5, 5.41) is 1.04. The number of hydrogen-bond acceptors (Lipinski definition) is 7. The number of nitrogen functional groups attached to an aromatic ring is 2. The molecule has 4 heterocycles. The SMILES string of the molecule is Nc1nc2c(s1)CN(C(=O)C(CCn1cccc1N)NS(=O)(=O)c1cccc3[nH]ccc13)CC2.